The maximum atomic E-state index is 12.1. The minimum Gasteiger partial charge on any atom is -0.343 e. The third kappa shape index (κ3) is 3.02. The lowest BCUT2D eigenvalue weighted by Crippen LogP contribution is -2.58. The average molecular weight is 253 g/mol. The lowest BCUT2D eigenvalue weighted by Gasteiger charge is -2.36. The van der Waals surface area contributed by atoms with Crippen molar-refractivity contribution in [2.24, 2.45) is 5.92 Å². The van der Waals surface area contributed by atoms with Crippen LogP contribution < -0.4 is 5.32 Å². The lowest BCUT2D eigenvalue weighted by atomic mass is 9.95. The molecule has 0 saturated carbocycles. The smallest absolute Gasteiger partial charge is 0.245 e. The molecule has 0 aromatic carbocycles. The first-order chi connectivity index (χ1) is 8.60. The Bertz CT molecular complexity index is 324. The van der Waals surface area contributed by atoms with Gasteiger partial charge >= 0.3 is 0 Å². The summed E-state index contributed by atoms with van der Waals surface area (Å²) < 4.78 is 0. The summed E-state index contributed by atoms with van der Waals surface area (Å²) in [5.41, 5.74) is 0. The Kier molecular flexibility index (Phi) is 4.22. The maximum absolute atomic E-state index is 12.1. The SMILES string of the molecule is CCC1NC(=O)CN(CC2CCN(C)CC2)C1=O. The number of hydrogen-bond donors (Lipinski definition) is 1. The van der Waals surface area contributed by atoms with Crippen LogP contribution in [0.2, 0.25) is 0 Å². The highest BCUT2D eigenvalue weighted by Crippen LogP contribution is 2.18. The highest BCUT2D eigenvalue weighted by molar-refractivity contribution is 5.94. The largest absolute Gasteiger partial charge is 0.343 e. The fourth-order valence-corrected chi connectivity index (χ4v) is 2.76. The Morgan fingerprint density at radius 3 is 2.56 bits per heavy atom. The summed E-state index contributed by atoms with van der Waals surface area (Å²) in [6.07, 6.45) is 2.92. The van der Waals surface area contributed by atoms with E-state index in [1.54, 1.807) is 4.90 Å². The van der Waals surface area contributed by atoms with Gasteiger partial charge in [-0.2, -0.15) is 0 Å². The third-order valence-corrected chi connectivity index (χ3v) is 4.00. The highest BCUT2D eigenvalue weighted by atomic mass is 16.2. The van der Waals surface area contributed by atoms with Crippen molar-refractivity contribution in [3.8, 4) is 0 Å². The Labute approximate surface area is 108 Å². The van der Waals surface area contributed by atoms with E-state index in [1.165, 1.54) is 0 Å². The molecule has 0 spiro atoms. The molecule has 0 bridgehead atoms. The van der Waals surface area contributed by atoms with Gasteiger partial charge in [0, 0.05) is 6.54 Å². The van der Waals surface area contributed by atoms with Gasteiger partial charge in [0.25, 0.3) is 0 Å². The van der Waals surface area contributed by atoms with Crippen molar-refractivity contribution in [2.75, 3.05) is 33.2 Å². The average Bonchev–Trinajstić information content (AvgIpc) is 2.36. The number of carbonyl (C=O) groups is 2. The normalized spacial score (nSPS) is 27.4. The van der Waals surface area contributed by atoms with E-state index in [0.29, 0.717) is 12.3 Å². The number of piperidine rings is 1. The van der Waals surface area contributed by atoms with E-state index in [9.17, 15) is 9.59 Å². The highest BCUT2D eigenvalue weighted by Gasteiger charge is 2.32. The van der Waals surface area contributed by atoms with Gasteiger partial charge in [-0.1, -0.05) is 6.92 Å². The topological polar surface area (TPSA) is 52.7 Å². The molecule has 1 unspecified atom stereocenters. The van der Waals surface area contributed by atoms with Crippen molar-refractivity contribution in [2.45, 2.75) is 32.2 Å². The van der Waals surface area contributed by atoms with Crippen molar-refractivity contribution >= 4 is 11.8 Å². The molecule has 5 nitrogen and oxygen atoms in total. The molecule has 5 heteroatoms. The van der Waals surface area contributed by atoms with E-state index in [0.717, 1.165) is 32.5 Å². The van der Waals surface area contributed by atoms with Crippen molar-refractivity contribution in [1.29, 1.82) is 0 Å². The van der Waals surface area contributed by atoms with Crippen LogP contribution in [0.4, 0.5) is 0 Å². The summed E-state index contributed by atoms with van der Waals surface area (Å²) in [5.74, 6) is 0.624. The number of amides is 2. The van der Waals surface area contributed by atoms with Crippen molar-refractivity contribution in [3.63, 3.8) is 0 Å². The molecule has 2 aliphatic heterocycles. The second-order valence-corrected chi connectivity index (χ2v) is 5.49. The van der Waals surface area contributed by atoms with Crippen molar-refractivity contribution < 1.29 is 9.59 Å². The quantitative estimate of drug-likeness (QED) is 0.774. The molecule has 2 heterocycles. The summed E-state index contributed by atoms with van der Waals surface area (Å²) in [6.45, 7) is 5.10. The molecule has 2 saturated heterocycles. The zero-order valence-electron chi connectivity index (χ0n) is 11.3. The van der Waals surface area contributed by atoms with Crippen LogP contribution in [-0.2, 0) is 9.59 Å². The molecular formula is C13H23N3O2. The Morgan fingerprint density at radius 1 is 1.28 bits per heavy atom. The molecule has 0 aliphatic carbocycles. The first-order valence-electron chi connectivity index (χ1n) is 6.86. The van der Waals surface area contributed by atoms with Crippen LogP contribution in [0, 0.1) is 5.92 Å². The molecule has 102 valence electrons. The van der Waals surface area contributed by atoms with Gasteiger partial charge in [0.1, 0.15) is 6.04 Å². The number of carbonyl (C=O) groups excluding carboxylic acids is 2. The Morgan fingerprint density at radius 2 is 1.94 bits per heavy atom. The van der Waals surface area contributed by atoms with E-state index in [-0.39, 0.29) is 24.4 Å². The summed E-state index contributed by atoms with van der Waals surface area (Å²) in [5, 5.41) is 2.75. The fraction of sp³-hybridized carbons (Fsp3) is 0.846. The molecule has 0 aromatic rings. The summed E-state index contributed by atoms with van der Waals surface area (Å²) in [6, 6.07) is -0.308. The number of nitrogens with zero attached hydrogens (tertiary/aromatic N) is 2. The minimum absolute atomic E-state index is 0.0191. The summed E-state index contributed by atoms with van der Waals surface area (Å²) in [7, 11) is 2.13. The molecule has 0 radical (unpaired) electrons. The first kappa shape index (κ1) is 13.3. The van der Waals surface area contributed by atoms with Gasteiger partial charge in [-0.05, 0) is 45.3 Å². The molecule has 1 atom stereocenters. The van der Waals surface area contributed by atoms with Crippen LogP contribution in [-0.4, -0.2) is 60.9 Å². The molecule has 2 amide bonds. The van der Waals surface area contributed by atoms with Crippen molar-refractivity contribution in [1.82, 2.24) is 15.1 Å². The molecular weight excluding hydrogens is 230 g/mol. The fourth-order valence-electron chi connectivity index (χ4n) is 2.76. The summed E-state index contributed by atoms with van der Waals surface area (Å²) >= 11 is 0. The zero-order chi connectivity index (χ0) is 13.1. The molecule has 0 aromatic heterocycles. The molecule has 2 fully saturated rings. The minimum atomic E-state index is -0.308. The number of nitrogens with one attached hydrogen (secondary N) is 1. The second-order valence-electron chi connectivity index (χ2n) is 5.49. The molecule has 18 heavy (non-hydrogen) atoms. The van der Waals surface area contributed by atoms with Crippen LogP contribution in [0.3, 0.4) is 0 Å². The van der Waals surface area contributed by atoms with Crippen LogP contribution in [0.5, 0.6) is 0 Å². The van der Waals surface area contributed by atoms with Gasteiger partial charge in [0.05, 0.1) is 6.54 Å². The van der Waals surface area contributed by atoms with E-state index in [4.69, 9.17) is 0 Å². The van der Waals surface area contributed by atoms with E-state index in [1.807, 2.05) is 6.92 Å². The number of hydrogen-bond acceptors (Lipinski definition) is 3. The van der Waals surface area contributed by atoms with Gasteiger partial charge in [-0.3, -0.25) is 9.59 Å². The van der Waals surface area contributed by atoms with Gasteiger partial charge in [0.2, 0.25) is 11.8 Å². The van der Waals surface area contributed by atoms with Gasteiger partial charge in [0.15, 0.2) is 0 Å². The van der Waals surface area contributed by atoms with E-state index >= 15 is 0 Å². The Balaban J connectivity index is 1.91. The standard InChI is InChI=1S/C13H23N3O2/c1-3-11-13(18)16(9-12(17)14-11)8-10-4-6-15(2)7-5-10/h10-11H,3-9H2,1-2H3,(H,14,17). The summed E-state index contributed by atoms with van der Waals surface area (Å²) in [4.78, 5) is 27.8. The monoisotopic (exact) mass is 253 g/mol. The van der Waals surface area contributed by atoms with Crippen LogP contribution >= 0.6 is 0 Å². The van der Waals surface area contributed by atoms with Crippen molar-refractivity contribution in [3.05, 3.63) is 0 Å². The molecule has 2 rings (SSSR count). The maximum Gasteiger partial charge on any atom is 0.245 e. The predicted octanol–water partition coefficient (Wildman–Crippen LogP) is 0.0652. The Hall–Kier alpha value is -1.10. The third-order valence-electron chi connectivity index (χ3n) is 4.00. The number of piperazine rings is 1. The number of likely N-dealkylation sites (tertiary alicyclic amines) is 1. The predicted molar refractivity (Wildman–Crippen MR) is 69.0 cm³/mol. The zero-order valence-corrected chi connectivity index (χ0v) is 11.3. The van der Waals surface area contributed by atoms with Gasteiger partial charge in [-0.25, -0.2) is 0 Å². The van der Waals surface area contributed by atoms with Crippen LogP contribution in [0.25, 0.3) is 0 Å². The number of rotatable bonds is 3. The first-order valence-corrected chi connectivity index (χ1v) is 6.86. The lowest BCUT2D eigenvalue weighted by molar-refractivity contribution is -0.145. The van der Waals surface area contributed by atoms with Crippen LogP contribution in [0.1, 0.15) is 26.2 Å². The van der Waals surface area contributed by atoms with Gasteiger partial charge in [-0.15, -0.1) is 0 Å². The second kappa shape index (κ2) is 5.69. The van der Waals surface area contributed by atoms with Gasteiger partial charge < -0.3 is 15.1 Å². The molecule has 2 aliphatic rings. The van der Waals surface area contributed by atoms with E-state index in [2.05, 4.69) is 17.3 Å². The van der Waals surface area contributed by atoms with Crippen LogP contribution in [0.15, 0.2) is 0 Å². The van der Waals surface area contributed by atoms with E-state index < -0.39 is 0 Å². The molecule has 1 N–H and O–H groups in total.